The molecule has 7 nitrogen and oxygen atoms in total. The molecule has 2 aromatic carbocycles. The molecular formula is C25H22N4O3S. The van der Waals surface area contributed by atoms with Gasteiger partial charge in [0.25, 0.3) is 5.91 Å². The number of carbonyl (C=O) groups is 2. The Labute approximate surface area is 195 Å². The van der Waals surface area contributed by atoms with Crippen LogP contribution in [-0.4, -0.2) is 16.9 Å². The molecule has 33 heavy (non-hydrogen) atoms. The van der Waals surface area contributed by atoms with E-state index in [2.05, 4.69) is 20.9 Å². The second-order valence-corrected chi connectivity index (χ2v) is 8.14. The van der Waals surface area contributed by atoms with Crippen molar-refractivity contribution in [3.8, 4) is 0 Å². The van der Waals surface area contributed by atoms with Gasteiger partial charge in [0.1, 0.15) is 5.76 Å². The molecule has 0 atom stereocenters. The van der Waals surface area contributed by atoms with E-state index in [0.717, 1.165) is 16.2 Å². The summed E-state index contributed by atoms with van der Waals surface area (Å²) in [7, 11) is 0. The number of benzene rings is 2. The standard InChI is InChI=1S/C25H22N4O3S/c30-24(19-5-11-23(12-6-19)33-17-18-3-1-13-26-15-18)28-20-7-9-21(10-8-20)29-25(31)27-16-22-4-2-14-32-22/h1-15H,16-17H2,(H,28,30)(H2,27,29,31). The van der Waals surface area contributed by atoms with Crippen molar-refractivity contribution in [3.63, 3.8) is 0 Å². The average molecular weight is 459 g/mol. The summed E-state index contributed by atoms with van der Waals surface area (Å²) >= 11 is 1.69. The van der Waals surface area contributed by atoms with E-state index in [9.17, 15) is 9.59 Å². The predicted molar refractivity (Wildman–Crippen MR) is 129 cm³/mol. The number of hydrogen-bond donors (Lipinski definition) is 3. The van der Waals surface area contributed by atoms with Crippen molar-refractivity contribution < 1.29 is 14.0 Å². The lowest BCUT2D eigenvalue weighted by Crippen LogP contribution is -2.27. The maximum Gasteiger partial charge on any atom is 0.319 e. The number of nitrogens with zero attached hydrogens (tertiary/aromatic N) is 1. The normalized spacial score (nSPS) is 10.4. The van der Waals surface area contributed by atoms with Crippen molar-refractivity contribution in [1.82, 2.24) is 10.3 Å². The van der Waals surface area contributed by atoms with Crippen molar-refractivity contribution in [3.05, 3.63) is 108 Å². The van der Waals surface area contributed by atoms with Crippen molar-refractivity contribution in [2.75, 3.05) is 10.6 Å². The molecule has 8 heteroatoms. The average Bonchev–Trinajstić information content (AvgIpc) is 3.37. The maximum absolute atomic E-state index is 12.6. The maximum atomic E-state index is 12.6. The number of thioether (sulfide) groups is 1. The number of amides is 3. The van der Waals surface area contributed by atoms with Gasteiger partial charge in [0.15, 0.2) is 0 Å². The highest BCUT2D eigenvalue weighted by atomic mass is 32.2. The minimum atomic E-state index is -0.343. The first-order valence-electron chi connectivity index (χ1n) is 10.3. The molecule has 0 aliphatic heterocycles. The minimum absolute atomic E-state index is 0.198. The summed E-state index contributed by atoms with van der Waals surface area (Å²) in [5, 5.41) is 8.31. The molecule has 0 spiro atoms. The van der Waals surface area contributed by atoms with E-state index >= 15 is 0 Å². The quantitative estimate of drug-likeness (QED) is 0.301. The molecule has 0 radical (unpaired) electrons. The number of aromatic nitrogens is 1. The summed E-state index contributed by atoms with van der Waals surface area (Å²) in [5.41, 5.74) is 2.97. The van der Waals surface area contributed by atoms with Crippen LogP contribution >= 0.6 is 11.8 Å². The summed E-state index contributed by atoms with van der Waals surface area (Å²) in [5.74, 6) is 1.29. The Hall–Kier alpha value is -4.04. The third kappa shape index (κ3) is 6.72. The van der Waals surface area contributed by atoms with Crippen LogP contribution in [0, 0.1) is 0 Å². The van der Waals surface area contributed by atoms with Crippen molar-refractivity contribution in [2.24, 2.45) is 0 Å². The van der Waals surface area contributed by atoms with Crippen LogP contribution in [0.2, 0.25) is 0 Å². The Balaban J connectivity index is 1.25. The molecule has 0 bridgehead atoms. The Kier molecular flexibility index (Phi) is 7.40. The Bertz CT molecular complexity index is 1180. The van der Waals surface area contributed by atoms with Gasteiger partial charge in [0, 0.05) is 40.0 Å². The van der Waals surface area contributed by atoms with Gasteiger partial charge in [-0.1, -0.05) is 6.07 Å². The zero-order valence-electron chi connectivity index (χ0n) is 17.7. The minimum Gasteiger partial charge on any atom is -0.467 e. The third-order valence-corrected chi connectivity index (χ3v) is 5.73. The highest BCUT2D eigenvalue weighted by molar-refractivity contribution is 7.98. The first-order valence-corrected chi connectivity index (χ1v) is 11.2. The summed E-state index contributed by atoms with van der Waals surface area (Å²) in [4.78, 5) is 29.7. The zero-order valence-corrected chi connectivity index (χ0v) is 18.5. The molecule has 4 aromatic rings. The van der Waals surface area contributed by atoms with E-state index in [-0.39, 0.29) is 11.9 Å². The van der Waals surface area contributed by atoms with E-state index < -0.39 is 0 Å². The van der Waals surface area contributed by atoms with E-state index in [1.54, 1.807) is 72.8 Å². The molecular weight excluding hydrogens is 436 g/mol. The fourth-order valence-electron chi connectivity index (χ4n) is 2.95. The van der Waals surface area contributed by atoms with Gasteiger partial charge in [-0.05, 0) is 72.3 Å². The van der Waals surface area contributed by atoms with Crippen molar-refractivity contribution >= 4 is 35.1 Å². The molecule has 0 aliphatic rings. The van der Waals surface area contributed by atoms with Crippen LogP contribution in [0.1, 0.15) is 21.7 Å². The van der Waals surface area contributed by atoms with Gasteiger partial charge >= 0.3 is 6.03 Å². The molecule has 0 aliphatic carbocycles. The summed E-state index contributed by atoms with van der Waals surface area (Å²) in [6.45, 7) is 0.299. The number of nitrogens with one attached hydrogen (secondary N) is 3. The Morgan fingerprint density at radius 3 is 2.30 bits per heavy atom. The zero-order chi connectivity index (χ0) is 22.9. The van der Waals surface area contributed by atoms with Crippen LogP contribution < -0.4 is 16.0 Å². The van der Waals surface area contributed by atoms with E-state index in [0.29, 0.717) is 29.2 Å². The summed E-state index contributed by atoms with van der Waals surface area (Å²) < 4.78 is 5.17. The van der Waals surface area contributed by atoms with E-state index in [1.807, 2.05) is 30.5 Å². The first-order chi connectivity index (χ1) is 16.2. The summed E-state index contributed by atoms with van der Waals surface area (Å²) in [6, 6.07) is 21.6. The molecule has 2 aromatic heterocycles. The molecule has 3 N–H and O–H groups in total. The second-order valence-electron chi connectivity index (χ2n) is 7.09. The van der Waals surface area contributed by atoms with Gasteiger partial charge in [-0.3, -0.25) is 9.78 Å². The molecule has 0 unspecified atom stereocenters. The lowest BCUT2D eigenvalue weighted by atomic mass is 10.2. The fraction of sp³-hybridized carbons (Fsp3) is 0.0800. The van der Waals surface area contributed by atoms with Crippen molar-refractivity contribution in [1.29, 1.82) is 0 Å². The molecule has 4 rings (SSSR count). The number of urea groups is 1. The number of furan rings is 1. The van der Waals surface area contributed by atoms with Gasteiger partial charge < -0.3 is 20.4 Å². The number of pyridine rings is 1. The van der Waals surface area contributed by atoms with Gasteiger partial charge in [-0.25, -0.2) is 4.79 Å². The van der Waals surface area contributed by atoms with Crippen LogP contribution in [0.25, 0.3) is 0 Å². The first kappa shape index (κ1) is 22.2. The van der Waals surface area contributed by atoms with Crippen LogP contribution in [0.15, 0.2) is 101 Å². The highest BCUT2D eigenvalue weighted by Gasteiger charge is 2.08. The van der Waals surface area contributed by atoms with Gasteiger partial charge in [0.05, 0.1) is 12.8 Å². The Morgan fingerprint density at radius 2 is 1.64 bits per heavy atom. The van der Waals surface area contributed by atoms with Gasteiger partial charge in [-0.15, -0.1) is 11.8 Å². The van der Waals surface area contributed by atoms with E-state index in [4.69, 9.17) is 4.42 Å². The smallest absolute Gasteiger partial charge is 0.319 e. The number of carbonyl (C=O) groups excluding carboxylic acids is 2. The van der Waals surface area contributed by atoms with Crippen LogP contribution in [0.3, 0.4) is 0 Å². The molecule has 0 saturated heterocycles. The van der Waals surface area contributed by atoms with E-state index in [1.165, 1.54) is 0 Å². The molecule has 166 valence electrons. The molecule has 2 heterocycles. The highest BCUT2D eigenvalue weighted by Crippen LogP contribution is 2.23. The fourth-order valence-corrected chi connectivity index (χ4v) is 3.78. The lowest BCUT2D eigenvalue weighted by molar-refractivity contribution is 0.102. The van der Waals surface area contributed by atoms with Crippen LogP contribution in [-0.2, 0) is 12.3 Å². The molecule has 0 saturated carbocycles. The van der Waals surface area contributed by atoms with Gasteiger partial charge in [0.2, 0.25) is 0 Å². The largest absolute Gasteiger partial charge is 0.467 e. The predicted octanol–water partition coefficient (Wildman–Crippen LogP) is 5.54. The number of hydrogen-bond acceptors (Lipinski definition) is 5. The monoisotopic (exact) mass is 458 g/mol. The summed E-state index contributed by atoms with van der Waals surface area (Å²) in [6.07, 6.45) is 5.16. The number of anilines is 2. The third-order valence-electron chi connectivity index (χ3n) is 4.65. The van der Waals surface area contributed by atoms with Crippen LogP contribution in [0.5, 0.6) is 0 Å². The van der Waals surface area contributed by atoms with Crippen LogP contribution in [0.4, 0.5) is 16.2 Å². The number of rotatable bonds is 8. The second kappa shape index (κ2) is 11.0. The van der Waals surface area contributed by atoms with Gasteiger partial charge in [-0.2, -0.15) is 0 Å². The topological polar surface area (TPSA) is 96.3 Å². The lowest BCUT2D eigenvalue weighted by Gasteiger charge is -2.09. The van der Waals surface area contributed by atoms with Crippen molar-refractivity contribution in [2.45, 2.75) is 17.2 Å². The molecule has 0 fully saturated rings. The SMILES string of the molecule is O=C(NCc1ccco1)Nc1ccc(NC(=O)c2ccc(SCc3cccnc3)cc2)cc1. The molecule has 3 amide bonds. The Morgan fingerprint density at radius 1 is 0.879 bits per heavy atom.